The van der Waals surface area contributed by atoms with Crippen LogP contribution in [0.1, 0.15) is 18.1 Å². The summed E-state index contributed by atoms with van der Waals surface area (Å²) < 4.78 is 32.7. The standard InChI is InChI=1S/C19H19ClF2N2O2/c1-12-9-24(10-14-6-15(20)2-5-18(14)26-12)11-19(25)23-8-13-7-16(21)3-4-17(13)22/h2-7,12H,8-11H2,1H3,(H,23,25)/t12-/m0/s1. The molecular formula is C19H19ClF2N2O2. The Morgan fingerprint density at radius 1 is 1.31 bits per heavy atom. The lowest BCUT2D eigenvalue weighted by atomic mass is 10.2. The highest BCUT2D eigenvalue weighted by Crippen LogP contribution is 2.27. The summed E-state index contributed by atoms with van der Waals surface area (Å²) in [7, 11) is 0. The Hall–Kier alpha value is -2.18. The van der Waals surface area contributed by atoms with E-state index in [0.717, 1.165) is 29.5 Å². The molecule has 138 valence electrons. The third kappa shape index (κ3) is 4.71. The number of carbonyl (C=O) groups is 1. The lowest BCUT2D eigenvalue weighted by Gasteiger charge is -2.21. The van der Waals surface area contributed by atoms with Gasteiger partial charge in [0.15, 0.2) is 0 Å². The Labute approximate surface area is 155 Å². The fraction of sp³-hybridized carbons (Fsp3) is 0.316. The van der Waals surface area contributed by atoms with Gasteiger partial charge < -0.3 is 10.1 Å². The van der Waals surface area contributed by atoms with E-state index in [1.165, 1.54) is 0 Å². The number of carbonyl (C=O) groups excluding carboxylic acids is 1. The van der Waals surface area contributed by atoms with E-state index in [1.54, 1.807) is 6.07 Å². The second-order valence-electron chi connectivity index (χ2n) is 6.36. The van der Waals surface area contributed by atoms with Gasteiger partial charge >= 0.3 is 0 Å². The fourth-order valence-corrected chi connectivity index (χ4v) is 3.16. The molecule has 1 aliphatic heterocycles. The SMILES string of the molecule is C[C@H]1CN(CC(=O)NCc2cc(F)ccc2F)Cc2cc(Cl)ccc2O1. The van der Waals surface area contributed by atoms with Gasteiger partial charge in [0, 0.05) is 35.8 Å². The van der Waals surface area contributed by atoms with Crippen molar-refractivity contribution >= 4 is 17.5 Å². The van der Waals surface area contributed by atoms with Gasteiger partial charge in [-0.25, -0.2) is 8.78 Å². The van der Waals surface area contributed by atoms with Gasteiger partial charge in [-0.15, -0.1) is 0 Å². The topological polar surface area (TPSA) is 41.6 Å². The van der Waals surface area contributed by atoms with Gasteiger partial charge in [-0.1, -0.05) is 11.6 Å². The molecule has 0 saturated carbocycles. The van der Waals surface area contributed by atoms with Crippen molar-refractivity contribution < 1.29 is 18.3 Å². The molecule has 3 rings (SSSR count). The minimum atomic E-state index is -0.549. The van der Waals surface area contributed by atoms with E-state index in [1.807, 2.05) is 24.0 Å². The van der Waals surface area contributed by atoms with Gasteiger partial charge in [-0.3, -0.25) is 9.69 Å². The average Bonchev–Trinajstić information content (AvgIpc) is 2.72. The molecule has 26 heavy (non-hydrogen) atoms. The smallest absolute Gasteiger partial charge is 0.234 e. The van der Waals surface area contributed by atoms with Gasteiger partial charge in [0.1, 0.15) is 23.5 Å². The molecule has 4 nitrogen and oxygen atoms in total. The van der Waals surface area contributed by atoms with Crippen LogP contribution in [0.25, 0.3) is 0 Å². The molecule has 1 N–H and O–H groups in total. The summed E-state index contributed by atoms with van der Waals surface area (Å²) in [6.07, 6.45) is -0.0918. The second-order valence-corrected chi connectivity index (χ2v) is 6.80. The number of amides is 1. The molecule has 2 aromatic rings. The number of nitrogens with one attached hydrogen (secondary N) is 1. The highest BCUT2D eigenvalue weighted by atomic mass is 35.5. The largest absolute Gasteiger partial charge is 0.489 e. The van der Waals surface area contributed by atoms with E-state index in [0.29, 0.717) is 18.1 Å². The highest BCUT2D eigenvalue weighted by Gasteiger charge is 2.22. The lowest BCUT2D eigenvalue weighted by Crippen LogP contribution is -2.39. The van der Waals surface area contributed by atoms with Crippen molar-refractivity contribution in [1.82, 2.24) is 10.2 Å². The zero-order valence-electron chi connectivity index (χ0n) is 14.3. The van der Waals surface area contributed by atoms with Crippen LogP contribution in [0.15, 0.2) is 36.4 Å². The van der Waals surface area contributed by atoms with Crippen molar-refractivity contribution in [3.63, 3.8) is 0 Å². The highest BCUT2D eigenvalue weighted by molar-refractivity contribution is 6.30. The summed E-state index contributed by atoms with van der Waals surface area (Å²) in [5.41, 5.74) is 1.02. The first-order valence-corrected chi connectivity index (χ1v) is 8.66. The average molecular weight is 381 g/mol. The Morgan fingerprint density at radius 3 is 2.92 bits per heavy atom. The van der Waals surface area contributed by atoms with E-state index >= 15 is 0 Å². The van der Waals surface area contributed by atoms with Gasteiger partial charge in [0.2, 0.25) is 5.91 Å². The summed E-state index contributed by atoms with van der Waals surface area (Å²) >= 11 is 6.05. The number of rotatable bonds is 4. The molecule has 7 heteroatoms. The van der Waals surface area contributed by atoms with Crippen LogP contribution in [-0.4, -0.2) is 30.0 Å². The maximum absolute atomic E-state index is 13.6. The van der Waals surface area contributed by atoms with E-state index in [9.17, 15) is 13.6 Å². The van der Waals surface area contributed by atoms with Crippen LogP contribution in [0.2, 0.25) is 5.02 Å². The molecule has 0 fully saturated rings. The normalized spacial score (nSPS) is 17.2. The quantitative estimate of drug-likeness (QED) is 0.882. The van der Waals surface area contributed by atoms with Crippen LogP contribution in [0.4, 0.5) is 8.78 Å². The minimum Gasteiger partial charge on any atom is -0.489 e. The zero-order chi connectivity index (χ0) is 18.7. The molecule has 0 aliphatic carbocycles. The number of hydrogen-bond acceptors (Lipinski definition) is 3. The summed E-state index contributed by atoms with van der Waals surface area (Å²) in [5.74, 6) is -0.604. The van der Waals surface area contributed by atoms with Crippen molar-refractivity contribution in [3.05, 3.63) is 64.2 Å². The number of fused-ring (bicyclic) bond motifs is 1. The molecule has 1 atom stereocenters. The first-order chi connectivity index (χ1) is 12.4. The molecular weight excluding hydrogens is 362 g/mol. The number of benzene rings is 2. The molecule has 0 spiro atoms. The number of halogens is 3. The van der Waals surface area contributed by atoms with Crippen molar-refractivity contribution in [3.8, 4) is 5.75 Å². The van der Waals surface area contributed by atoms with Crippen LogP contribution < -0.4 is 10.1 Å². The van der Waals surface area contributed by atoms with Crippen LogP contribution in [0, 0.1) is 11.6 Å². The molecule has 2 aromatic carbocycles. The van der Waals surface area contributed by atoms with Crippen LogP contribution >= 0.6 is 11.6 Å². The first kappa shape index (κ1) is 18.6. The molecule has 0 bridgehead atoms. The number of nitrogens with zero attached hydrogens (tertiary/aromatic N) is 1. The van der Waals surface area contributed by atoms with E-state index < -0.39 is 11.6 Å². The van der Waals surface area contributed by atoms with Gasteiger partial charge in [0.05, 0.1) is 6.54 Å². The predicted molar refractivity (Wildman–Crippen MR) is 95.0 cm³/mol. The van der Waals surface area contributed by atoms with Crippen molar-refractivity contribution in [2.45, 2.75) is 26.1 Å². The van der Waals surface area contributed by atoms with Crippen molar-refractivity contribution in [2.75, 3.05) is 13.1 Å². The molecule has 1 heterocycles. The second kappa shape index (κ2) is 8.01. The lowest BCUT2D eigenvalue weighted by molar-refractivity contribution is -0.122. The maximum Gasteiger partial charge on any atom is 0.234 e. The van der Waals surface area contributed by atoms with Gasteiger partial charge in [0.25, 0.3) is 0 Å². The summed E-state index contributed by atoms with van der Waals surface area (Å²) in [5, 5.41) is 3.24. The first-order valence-electron chi connectivity index (χ1n) is 8.29. The van der Waals surface area contributed by atoms with Gasteiger partial charge in [-0.2, -0.15) is 0 Å². The Morgan fingerprint density at radius 2 is 2.12 bits per heavy atom. The van der Waals surface area contributed by atoms with Crippen molar-refractivity contribution in [1.29, 1.82) is 0 Å². The molecule has 0 saturated heterocycles. The number of ether oxygens (including phenoxy) is 1. The minimum absolute atomic E-state index is 0.0647. The van der Waals surface area contributed by atoms with Crippen molar-refractivity contribution in [2.24, 2.45) is 0 Å². The monoisotopic (exact) mass is 380 g/mol. The van der Waals surface area contributed by atoms with Gasteiger partial charge in [-0.05, 0) is 43.3 Å². The summed E-state index contributed by atoms with van der Waals surface area (Å²) in [4.78, 5) is 14.2. The zero-order valence-corrected chi connectivity index (χ0v) is 15.0. The Kier molecular flexibility index (Phi) is 5.74. The maximum atomic E-state index is 13.6. The molecule has 1 aliphatic rings. The summed E-state index contributed by atoms with van der Waals surface area (Å²) in [6, 6.07) is 8.58. The van der Waals surface area contributed by atoms with E-state index in [-0.39, 0.29) is 30.7 Å². The third-order valence-corrected chi connectivity index (χ3v) is 4.35. The van der Waals surface area contributed by atoms with E-state index in [4.69, 9.17) is 16.3 Å². The summed E-state index contributed by atoms with van der Waals surface area (Å²) in [6.45, 7) is 3.06. The number of hydrogen-bond donors (Lipinski definition) is 1. The molecule has 0 radical (unpaired) electrons. The predicted octanol–water partition coefficient (Wildman–Crippen LogP) is 3.52. The van der Waals surface area contributed by atoms with Crippen LogP contribution in [0.3, 0.4) is 0 Å². The fourth-order valence-electron chi connectivity index (χ4n) is 2.96. The van der Waals surface area contributed by atoms with Crippen LogP contribution in [-0.2, 0) is 17.9 Å². The molecule has 0 aromatic heterocycles. The Bertz CT molecular complexity index is 816. The van der Waals surface area contributed by atoms with E-state index in [2.05, 4.69) is 5.32 Å². The molecule has 1 amide bonds. The van der Waals surface area contributed by atoms with Crippen LogP contribution in [0.5, 0.6) is 5.75 Å². The molecule has 0 unspecified atom stereocenters. The Balaban J connectivity index is 1.62. The third-order valence-electron chi connectivity index (χ3n) is 4.11.